The summed E-state index contributed by atoms with van der Waals surface area (Å²) in [5.41, 5.74) is 0.407. The van der Waals surface area contributed by atoms with Crippen LogP contribution >= 0.6 is 0 Å². The molecule has 0 saturated carbocycles. The smallest absolute Gasteiger partial charge is 0.346 e. The number of aryl methyl sites for hydroxylation is 1. The molecule has 2 heterocycles. The van der Waals surface area contributed by atoms with Crippen LogP contribution in [-0.4, -0.2) is 39.6 Å². The van der Waals surface area contributed by atoms with Crippen molar-refractivity contribution in [2.24, 2.45) is 0 Å². The van der Waals surface area contributed by atoms with E-state index in [2.05, 4.69) is 10.4 Å². The standard InChI is InChI=1S/C19H21F3N4O2/c1-13-9-23-26(10-13)12-17(27)24-16(11-25-7-3-6-18(25)28)14-4-2-5-15(8-14)19(20,21)22/h2,4-5,8-10,16H,3,6-7,11-12H2,1H3,(H,24,27). The summed E-state index contributed by atoms with van der Waals surface area (Å²) in [6.45, 7) is 2.44. The molecule has 1 fully saturated rings. The third-order valence-electron chi connectivity index (χ3n) is 4.59. The Balaban J connectivity index is 1.80. The van der Waals surface area contributed by atoms with E-state index >= 15 is 0 Å². The van der Waals surface area contributed by atoms with Gasteiger partial charge in [-0.05, 0) is 36.6 Å². The Bertz CT molecular complexity index is 863. The van der Waals surface area contributed by atoms with E-state index in [9.17, 15) is 22.8 Å². The predicted octanol–water partition coefficient (Wildman–Crippen LogP) is 2.69. The van der Waals surface area contributed by atoms with Gasteiger partial charge in [0.1, 0.15) is 6.54 Å². The maximum atomic E-state index is 13.1. The van der Waals surface area contributed by atoms with Crippen LogP contribution < -0.4 is 5.32 Å². The number of halogens is 3. The highest BCUT2D eigenvalue weighted by atomic mass is 19.4. The fraction of sp³-hybridized carbons (Fsp3) is 0.421. The monoisotopic (exact) mass is 394 g/mol. The molecule has 150 valence electrons. The summed E-state index contributed by atoms with van der Waals surface area (Å²) >= 11 is 0. The lowest BCUT2D eigenvalue weighted by molar-refractivity contribution is -0.137. The van der Waals surface area contributed by atoms with Crippen molar-refractivity contribution in [1.82, 2.24) is 20.0 Å². The summed E-state index contributed by atoms with van der Waals surface area (Å²) in [6.07, 6.45) is -0.0611. The Labute approximate surface area is 160 Å². The quantitative estimate of drug-likeness (QED) is 0.819. The van der Waals surface area contributed by atoms with Gasteiger partial charge in [0.15, 0.2) is 0 Å². The van der Waals surface area contributed by atoms with Gasteiger partial charge in [-0.25, -0.2) is 0 Å². The second kappa shape index (κ2) is 8.04. The highest BCUT2D eigenvalue weighted by Gasteiger charge is 2.32. The summed E-state index contributed by atoms with van der Waals surface area (Å²) in [5.74, 6) is -0.453. The number of hydrogen-bond acceptors (Lipinski definition) is 3. The Morgan fingerprint density at radius 2 is 2.14 bits per heavy atom. The molecule has 0 spiro atoms. The number of amides is 2. The maximum Gasteiger partial charge on any atom is 0.416 e. The van der Waals surface area contributed by atoms with Crippen LogP contribution in [-0.2, 0) is 22.3 Å². The highest BCUT2D eigenvalue weighted by Crippen LogP contribution is 2.31. The lowest BCUT2D eigenvalue weighted by atomic mass is 10.0. The number of carbonyl (C=O) groups is 2. The van der Waals surface area contributed by atoms with Crippen molar-refractivity contribution in [3.63, 3.8) is 0 Å². The Morgan fingerprint density at radius 3 is 2.75 bits per heavy atom. The SMILES string of the molecule is Cc1cnn(CC(=O)NC(CN2CCCC2=O)c2cccc(C(F)(F)F)c2)c1. The molecule has 6 nitrogen and oxygen atoms in total. The van der Waals surface area contributed by atoms with Crippen LogP contribution in [0.25, 0.3) is 0 Å². The average molecular weight is 394 g/mol. The summed E-state index contributed by atoms with van der Waals surface area (Å²) < 4.78 is 40.7. The first-order valence-corrected chi connectivity index (χ1v) is 8.96. The van der Waals surface area contributed by atoms with Gasteiger partial charge in [-0.3, -0.25) is 14.3 Å². The first kappa shape index (κ1) is 19.9. The molecule has 28 heavy (non-hydrogen) atoms. The highest BCUT2D eigenvalue weighted by molar-refractivity contribution is 5.79. The van der Waals surface area contributed by atoms with Gasteiger partial charge in [-0.2, -0.15) is 18.3 Å². The van der Waals surface area contributed by atoms with Gasteiger partial charge in [0.05, 0.1) is 17.8 Å². The van der Waals surface area contributed by atoms with Crippen LogP contribution in [0, 0.1) is 6.92 Å². The number of likely N-dealkylation sites (tertiary alicyclic amines) is 1. The van der Waals surface area contributed by atoms with E-state index in [1.54, 1.807) is 17.3 Å². The summed E-state index contributed by atoms with van der Waals surface area (Å²) in [6, 6.07) is 4.09. The number of rotatable bonds is 6. The van der Waals surface area contributed by atoms with Gasteiger partial charge in [0.25, 0.3) is 0 Å². The molecule has 1 N–H and O–H groups in total. The van der Waals surface area contributed by atoms with Gasteiger partial charge in [-0.15, -0.1) is 0 Å². The van der Waals surface area contributed by atoms with Gasteiger partial charge in [0, 0.05) is 25.7 Å². The minimum Gasteiger partial charge on any atom is -0.346 e. The van der Waals surface area contributed by atoms with E-state index in [0.29, 0.717) is 24.9 Å². The minimum absolute atomic E-state index is 0.0583. The van der Waals surface area contributed by atoms with Crippen molar-refractivity contribution < 1.29 is 22.8 Å². The molecule has 1 aromatic carbocycles. The van der Waals surface area contributed by atoms with Crippen LogP contribution in [0.4, 0.5) is 13.2 Å². The van der Waals surface area contributed by atoms with Crippen molar-refractivity contribution in [1.29, 1.82) is 0 Å². The second-order valence-electron chi connectivity index (χ2n) is 6.90. The molecule has 2 amide bonds. The summed E-state index contributed by atoms with van der Waals surface area (Å²) in [7, 11) is 0. The zero-order valence-electron chi connectivity index (χ0n) is 15.4. The molecule has 0 bridgehead atoms. The van der Waals surface area contributed by atoms with E-state index in [0.717, 1.165) is 17.7 Å². The largest absolute Gasteiger partial charge is 0.416 e. The lowest BCUT2D eigenvalue weighted by Gasteiger charge is -2.26. The van der Waals surface area contributed by atoms with Crippen LogP contribution in [0.5, 0.6) is 0 Å². The zero-order chi connectivity index (χ0) is 20.3. The number of carbonyl (C=O) groups excluding carboxylic acids is 2. The first-order chi connectivity index (χ1) is 13.2. The van der Waals surface area contributed by atoms with Gasteiger partial charge in [-0.1, -0.05) is 12.1 Å². The van der Waals surface area contributed by atoms with Gasteiger partial charge < -0.3 is 10.2 Å². The molecule has 2 aromatic rings. The fourth-order valence-electron chi connectivity index (χ4n) is 3.22. The van der Waals surface area contributed by atoms with E-state index < -0.39 is 23.7 Å². The third-order valence-corrected chi connectivity index (χ3v) is 4.59. The van der Waals surface area contributed by atoms with E-state index in [1.165, 1.54) is 16.8 Å². The summed E-state index contributed by atoms with van der Waals surface area (Å²) in [4.78, 5) is 26.0. The van der Waals surface area contributed by atoms with Crippen molar-refractivity contribution in [2.75, 3.05) is 13.1 Å². The number of hydrogen-bond donors (Lipinski definition) is 1. The van der Waals surface area contributed by atoms with E-state index in [1.807, 2.05) is 6.92 Å². The molecule has 9 heteroatoms. The molecule has 0 aliphatic carbocycles. The molecular formula is C19H21F3N4O2. The van der Waals surface area contributed by atoms with Gasteiger partial charge >= 0.3 is 6.18 Å². The Kier molecular flexibility index (Phi) is 5.71. The number of nitrogens with one attached hydrogen (secondary N) is 1. The topological polar surface area (TPSA) is 67.2 Å². The molecule has 1 saturated heterocycles. The molecule has 1 aliphatic rings. The number of nitrogens with zero attached hydrogens (tertiary/aromatic N) is 3. The maximum absolute atomic E-state index is 13.1. The molecule has 0 radical (unpaired) electrons. The molecule has 1 aliphatic heterocycles. The molecular weight excluding hydrogens is 373 g/mol. The third kappa shape index (κ3) is 4.90. The zero-order valence-corrected chi connectivity index (χ0v) is 15.4. The summed E-state index contributed by atoms with van der Waals surface area (Å²) in [5, 5.41) is 6.80. The first-order valence-electron chi connectivity index (χ1n) is 8.96. The van der Waals surface area contributed by atoms with Crippen molar-refractivity contribution in [3.05, 3.63) is 53.3 Å². The second-order valence-corrected chi connectivity index (χ2v) is 6.90. The van der Waals surface area contributed by atoms with E-state index in [-0.39, 0.29) is 19.0 Å². The average Bonchev–Trinajstić information content (AvgIpc) is 3.22. The predicted molar refractivity (Wildman–Crippen MR) is 95.1 cm³/mol. The van der Waals surface area contributed by atoms with Crippen LogP contribution in [0.3, 0.4) is 0 Å². The Hall–Kier alpha value is -2.84. The fourth-order valence-corrected chi connectivity index (χ4v) is 3.22. The van der Waals surface area contributed by atoms with Crippen LogP contribution in [0.2, 0.25) is 0 Å². The van der Waals surface area contributed by atoms with Crippen molar-refractivity contribution >= 4 is 11.8 Å². The number of aromatic nitrogens is 2. The molecule has 1 aromatic heterocycles. The molecule has 1 unspecified atom stereocenters. The minimum atomic E-state index is -4.49. The molecule has 1 atom stereocenters. The Morgan fingerprint density at radius 1 is 1.36 bits per heavy atom. The van der Waals surface area contributed by atoms with Crippen molar-refractivity contribution in [3.8, 4) is 0 Å². The van der Waals surface area contributed by atoms with Crippen molar-refractivity contribution in [2.45, 2.75) is 38.5 Å². The van der Waals surface area contributed by atoms with Crippen LogP contribution in [0.15, 0.2) is 36.7 Å². The van der Waals surface area contributed by atoms with Crippen LogP contribution in [0.1, 0.15) is 35.6 Å². The van der Waals surface area contributed by atoms with E-state index in [4.69, 9.17) is 0 Å². The number of alkyl halides is 3. The van der Waals surface area contributed by atoms with Gasteiger partial charge in [0.2, 0.25) is 11.8 Å². The molecule has 3 rings (SSSR count). The lowest BCUT2D eigenvalue weighted by Crippen LogP contribution is -2.40. The normalized spacial score (nSPS) is 15.7. The number of benzene rings is 1.